The van der Waals surface area contributed by atoms with E-state index in [0.29, 0.717) is 10.1 Å². The summed E-state index contributed by atoms with van der Waals surface area (Å²) in [5.41, 5.74) is 0.289. The molecular formula is C9H5FN4S. The molecule has 1 heterocycles. The highest BCUT2D eigenvalue weighted by atomic mass is 32.2. The summed E-state index contributed by atoms with van der Waals surface area (Å²) >= 11 is 1.22. The molecule has 0 aliphatic heterocycles. The van der Waals surface area contributed by atoms with Crippen molar-refractivity contribution in [3.8, 4) is 6.07 Å². The molecule has 0 aliphatic carbocycles. The molecule has 1 N–H and O–H groups in total. The van der Waals surface area contributed by atoms with Gasteiger partial charge < -0.3 is 0 Å². The van der Waals surface area contributed by atoms with E-state index in [1.165, 1.54) is 30.2 Å². The number of nitrogens with one attached hydrogen (secondary N) is 1. The summed E-state index contributed by atoms with van der Waals surface area (Å²) in [4.78, 5) is 4.50. The fourth-order valence-electron chi connectivity index (χ4n) is 1.04. The first-order valence-electron chi connectivity index (χ1n) is 4.02. The van der Waals surface area contributed by atoms with Crippen LogP contribution in [-0.2, 0) is 0 Å². The highest BCUT2D eigenvalue weighted by molar-refractivity contribution is 7.99. The van der Waals surface area contributed by atoms with Crippen LogP contribution < -0.4 is 0 Å². The normalized spacial score (nSPS) is 9.87. The Morgan fingerprint density at radius 1 is 1.40 bits per heavy atom. The van der Waals surface area contributed by atoms with Crippen LogP contribution >= 0.6 is 11.8 Å². The zero-order chi connectivity index (χ0) is 10.7. The molecule has 0 fully saturated rings. The number of aromatic amines is 1. The predicted octanol–water partition coefficient (Wildman–Crippen LogP) is 1.97. The molecule has 0 radical (unpaired) electrons. The van der Waals surface area contributed by atoms with Gasteiger partial charge in [-0.25, -0.2) is 9.37 Å². The molecule has 6 heteroatoms. The van der Waals surface area contributed by atoms with Crippen molar-refractivity contribution < 1.29 is 4.39 Å². The summed E-state index contributed by atoms with van der Waals surface area (Å²) in [5, 5.41) is 15.5. The Bertz CT molecular complexity index is 503. The van der Waals surface area contributed by atoms with Crippen molar-refractivity contribution in [3.05, 3.63) is 35.9 Å². The number of aromatic nitrogens is 3. The third kappa shape index (κ3) is 2.33. The molecule has 0 saturated heterocycles. The van der Waals surface area contributed by atoms with Crippen molar-refractivity contribution in [3.63, 3.8) is 0 Å². The number of hydrogen-bond acceptors (Lipinski definition) is 4. The largest absolute Gasteiger partial charge is 0.254 e. The van der Waals surface area contributed by atoms with Gasteiger partial charge in [0, 0.05) is 4.90 Å². The Morgan fingerprint density at radius 2 is 2.27 bits per heavy atom. The topological polar surface area (TPSA) is 65.4 Å². The van der Waals surface area contributed by atoms with Gasteiger partial charge in [0.15, 0.2) is 5.16 Å². The van der Waals surface area contributed by atoms with E-state index in [1.807, 2.05) is 6.07 Å². The Kier molecular flexibility index (Phi) is 2.65. The second kappa shape index (κ2) is 4.11. The number of H-pyrrole nitrogens is 1. The third-order valence-corrected chi connectivity index (χ3v) is 2.47. The average molecular weight is 220 g/mol. The number of nitriles is 1. The van der Waals surface area contributed by atoms with Crippen LogP contribution in [0.4, 0.5) is 4.39 Å². The second-order valence-electron chi connectivity index (χ2n) is 2.68. The van der Waals surface area contributed by atoms with Gasteiger partial charge in [0.25, 0.3) is 0 Å². The van der Waals surface area contributed by atoms with E-state index >= 15 is 0 Å². The van der Waals surface area contributed by atoms with Crippen LogP contribution in [-0.4, -0.2) is 15.2 Å². The summed E-state index contributed by atoms with van der Waals surface area (Å²) in [5.74, 6) is -0.434. The zero-order valence-corrected chi connectivity index (χ0v) is 8.25. The second-order valence-corrected chi connectivity index (χ2v) is 3.74. The summed E-state index contributed by atoms with van der Waals surface area (Å²) in [6, 6.07) is 6.01. The Balaban J connectivity index is 2.29. The van der Waals surface area contributed by atoms with Crippen LogP contribution in [0.15, 0.2) is 34.6 Å². The van der Waals surface area contributed by atoms with Crippen LogP contribution in [0.5, 0.6) is 0 Å². The third-order valence-electron chi connectivity index (χ3n) is 1.61. The molecule has 74 valence electrons. The van der Waals surface area contributed by atoms with Gasteiger partial charge >= 0.3 is 0 Å². The van der Waals surface area contributed by atoms with Crippen molar-refractivity contribution in [2.24, 2.45) is 0 Å². The van der Waals surface area contributed by atoms with Gasteiger partial charge in [-0.05, 0) is 18.2 Å². The van der Waals surface area contributed by atoms with Gasteiger partial charge in [0.05, 0.1) is 11.6 Å². The van der Waals surface area contributed by atoms with E-state index in [0.717, 1.165) is 0 Å². The maximum atomic E-state index is 13.0. The molecule has 0 spiro atoms. The van der Waals surface area contributed by atoms with E-state index in [2.05, 4.69) is 15.2 Å². The lowest BCUT2D eigenvalue weighted by Gasteiger charge is -1.98. The van der Waals surface area contributed by atoms with Gasteiger partial charge in [-0.15, -0.1) is 0 Å². The molecule has 15 heavy (non-hydrogen) atoms. The molecule has 0 unspecified atom stereocenters. The first-order chi connectivity index (χ1) is 7.28. The molecule has 1 aromatic heterocycles. The van der Waals surface area contributed by atoms with E-state index in [1.54, 1.807) is 6.07 Å². The van der Waals surface area contributed by atoms with Crippen molar-refractivity contribution in [2.45, 2.75) is 10.1 Å². The van der Waals surface area contributed by atoms with Crippen LogP contribution in [0.2, 0.25) is 0 Å². The fourth-order valence-corrected chi connectivity index (χ4v) is 1.82. The number of benzene rings is 1. The van der Waals surface area contributed by atoms with Crippen molar-refractivity contribution >= 4 is 11.8 Å². The van der Waals surface area contributed by atoms with Crippen LogP contribution in [0.1, 0.15) is 5.56 Å². The molecule has 0 amide bonds. The lowest BCUT2D eigenvalue weighted by Crippen LogP contribution is -1.82. The van der Waals surface area contributed by atoms with E-state index in [9.17, 15) is 4.39 Å². The minimum absolute atomic E-state index is 0.289. The molecule has 1 aromatic carbocycles. The van der Waals surface area contributed by atoms with Gasteiger partial charge in [-0.2, -0.15) is 10.4 Å². The summed E-state index contributed by atoms with van der Waals surface area (Å²) in [6.07, 6.45) is 1.37. The van der Waals surface area contributed by atoms with Gasteiger partial charge in [-0.1, -0.05) is 11.8 Å². The van der Waals surface area contributed by atoms with Gasteiger partial charge in [0.1, 0.15) is 12.1 Å². The minimum atomic E-state index is -0.434. The monoisotopic (exact) mass is 220 g/mol. The number of rotatable bonds is 2. The zero-order valence-electron chi connectivity index (χ0n) is 7.44. The number of nitrogens with zero attached hydrogens (tertiary/aromatic N) is 3. The van der Waals surface area contributed by atoms with Crippen molar-refractivity contribution in [1.82, 2.24) is 15.2 Å². The first-order valence-corrected chi connectivity index (χ1v) is 4.83. The molecular weight excluding hydrogens is 215 g/mol. The predicted molar refractivity (Wildman–Crippen MR) is 51.6 cm³/mol. The van der Waals surface area contributed by atoms with Crippen molar-refractivity contribution in [1.29, 1.82) is 5.26 Å². The standard InChI is InChI=1S/C9H5FN4S/c10-7-1-6(4-11)2-8(3-7)15-9-12-5-13-14-9/h1-3,5H,(H,12,13,14). The molecule has 0 aliphatic rings. The maximum Gasteiger partial charge on any atom is 0.188 e. The Labute approximate surface area is 89.2 Å². The average Bonchev–Trinajstić information content (AvgIpc) is 2.69. The first kappa shape index (κ1) is 9.68. The van der Waals surface area contributed by atoms with Crippen LogP contribution in [0, 0.1) is 17.1 Å². The summed E-state index contributed by atoms with van der Waals surface area (Å²) in [7, 11) is 0. The Morgan fingerprint density at radius 3 is 2.93 bits per heavy atom. The van der Waals surface area contributed by atoms with Gasteiger partial charge in [-0.3, -0.25) is 5.10 Å². The van der Waals surface area contributed by atoms with Gasteiger partial charge in [0.2, 0.25) is 0 Å². The lowest BCUT2D eigenvalue weighted by atomic mass is 10.2. The Hall–Kier alpha value is -1.87. The SMILES string of the molecule is N#Cc1cc(F)cc(Sc2ncn[nH]2)c1. The quantitative estimate of drug-likeness (QED) is 0.840. The lowest BCUT2D eigenvalue weighted by molar-refractivity contribution is 0.623. The molecule has 2 rings (SSSR count). The van der Waals surface area contributed by atoms with E-state index in [4.69, 9.17) is 5.26 Å². The van der Waals surface area contributed by atoms with E-state index < -0.39 is 5.82 Å². The maximum absolute atomic E-state index is 13.0. The van der Waals surface area contributed by atoms with E-state index in [-0.39, 0.29) is 5.56 Å². The molecule has 4 nitrogen and oxygen atoms in total. The highest BCUT2D eigenvalue weighted by Gasteiger charge is 2.04. The molecule has 2 aromatic rings. The smallest absolute Gasteiger partial charge is 0.188 e. The molecule has 0 saturated carbocycles. The number of hydrogen-bond donors (Lipinski definition) is 1. The summed E-state index contributed by atoms with van der Waals surface area (Å²) in [6.45, 7) is 0. The number of halogens is 1. The molecule has 0 atom stereocenters. The van der Waals surface area contributed by atoms with Crippen molar-refractivity contribution in [2.75, 3.05) is 0 Å². The summed E-state index contributed by atoms with van der Waals surface area (Å²) < 4.78 is 13.0. The van der Waals surface area contributed by atoms with Crippen LogP contribution in [0.25, 0.3) is 0 Å². The van der Waals surface area contributed by atoms with Crippen LogP contribution in [0.3, 0.4) is 0 Å². The fraction of sp³-hybridized carbons (Fsp3) is 0. The molecule has 0 bridgehead atoms. The minimum Gasteiger partial charge on any atom is -0.254 e. The highest BCUT2D eigenvalue weighted by Crippen LogP contribution is 2.25.